The van der Waals surface area contributed by atoms with Crippen molar-refractivity contribution < 1.29 is 19.4 Å². The number of hydrazone groups is 1. The number of nitrogens with zero attached hydrogens (tertiary/aromatic N) is 1. The van der Waals surface area contributed by atoms with Crippen LogP contribution in [0, 0.1) is 0 Å². The van der Waals surface area contributed by atoms with Gasteiger partial charge < -0.3 is 14.6 Å². The van der Waals surface area contributed by atoms with Gasteiger partial charge in [0.05, 0.1) is 17.8 Å². The summed E-state index contributed by atoms with van der Waals surface area (Å²) in [5.74, 6) is 0.566. The fraction of sp³-hybridized carbons (Fsp3) is 0.222. The van der Waals surface area contributed by atoms with Gasteiger partial charge in [0.15, 0.2) is 18.1 Å². The van der Waals surface area contributed by atoms with E-state index in [1.807, 2.05) is 24.3 Å². The topological polar surface area (TPSA) is 80.2 Å². The second kappa shape index (κ2) is 9.08. The van der Waals surface area contributed by atoms with Gasteiger partial charge in [-0.25, -0.2) is 5.43 Å². The van der Waals surface area contributed by atoms with E-state index >= 15 is 0 Å². The summed E-state index contributed by atoms with van der Waals surface area (Å²) in [6.45, 7) is 1.94. The fourth-order valence-corrected chi connectivity index (χ4v) is 2.46. The molecule has 0 aliphatic rings. The third-order valence-electron chi connectivity index (χ3n) is 3.38. The normalized spacial score (nSPS) is 10.7. The molecule has 0 fully saturated rings. The summed E-state index contributed by atoms with van der Waals surface area (Å²) >= 11 is 3.22. The van der Waals surface area contributed by atoms with Gasteiger partial charge in [0.25, 0.3) is 5.91 Å². The van der Waals surface area contributed by atoms with Crippen molar-refractivity contribution in [2.75, 3.05) is 13.7 Å². The molecule has 0 heterocycles. The van der Waals surface area contributed by atoms with Crippen molar-refractivity contribution in [1.82, 2.24) is 5.43 Å². The molecule has 0 aromatic heterocycles. The number of aryl methyl sites for hydroxylation is 1. The molecule has 132 valence electrons. The number of benzene rings is 2. The van der Waals surface area contributed by atoms with E-state index in [1.54, 1.807) is 12.1 Å². The number of carbonyl (C=O) groups is 1. The third kappa shape index (κ3) is 5.49. The van der Waals surface area contributed by atoms with Crippen LogP contribution in [0.2, 0.25) is 0 Å². The average Bonchev–Trinajstić information content (AvgIpc) is 2.63. The number of aromatic hydroxyl groups is 1. The standard InChI is InChI=1S/C18H19BrN2O4/c1-3-12-4-6-14(7-5-12)25-11-17(22)21-20-10-13-8-15(19)18(23)16(9-13)24-2/h4-10,23H,3,11H2,1-2H3,(H,21,22)/b20-10+. The minimum absolute atomic E-state index is 0.00572. The Bertz CT molecular complexity index is 760. The van der Waals surface area contributed by atoms with Gasteiger partial charge in [0.1, 0.15) is 5.75 Å². The summed E-state index contributed by atoms with van der Waals surface area (Å²) in [6, 6.07) is 10.8. The van der Waals surface area contributed by atoms with E-state index in [4.69, 9.17) is 9.47 Å². The molecule has 1 amide bonds. The molecule has 25 heavy (non-hydrogen) atoms. The molecule has 6 nitrogen and oxygen atoms in total. The second-order valence-electron chi connectivity index (χ2n) is 5.13. The van der Waals surface area contributed by atoms with E-state index in [-0.39, 0.29) is 18.3 Å². The highest BCUT2D eigenvalue weighted by atomic mass is 79.9. The van der Waals surface area contributed by atoms with Crippen molar-refractivity contribution in [1.29, 1.82) is 0 Å². The Morgan fingerprint density at radius 1 is 1.32 bits per heavy atom. The van der Waals surface area contributed by atoms with E-state index in [0.29, 0.717) is 21.5 Å². The van der Waals surface area contributed by atoms with Crippen molar-refractivity contribution in [3.63, 3.8) is 0 Å². The van der Waals surface area contributed by atoms with Gasteiger partial charge in [-0.1, -0.05) is 19.1 Å². The first-order valence-corrected chi connectivity index (χ1v) is 8.43. The quantitative estimate of drug-likeness (QED) is 0.546. The van der Waals surface area contributed by atoms with Gasteiger partial charge in [-0.3, -0.25) is 4.79 Å². The zero-order chi connectivity index (χ0) is 18.2. The van der Waals surface area contributed by atoms with Gasteiger partial charge >= 0.3 is 0 Å². The molecular weight excluding hydrogens is 388 g/mol. The van der Waals surface area contributed by atoms with Crippen molar-refractivity contribution in [3.05, 3.63) is 52.0 Å². The lowest BCUT2D eigenvalue weighted by molar-refractivity contribution is -0.123. The van der Waals surface area contributed by atoms with Crippen LogP contribution < -0.4 is 14.9 Å². The molecule has 0 saturated carbocycles. The maximum Gasteiger partial charge on any atom is 0.277 e. The van der Waals surface area contributed by atoms with Gasteiger partial charge in [-0.2, -0.15) is 5.10 Å². The van der Waals surface area contributed by atoms with Crippen LogP contribution in [-0.2, 0) is 11.2 Å². The van der Waals surface area contributed by atoms with E-state index in [2.05, 4.69) is 33.4 Å². The predicted octanol–water partition coefficient (Wildman–Crippen LogP) is 3.25. The molecule has 0 unspecified atom stereocenters. The largest absolute Gasteiger partial charge is 0.503 e. The lowest BCUT2D eigenvalue weighted by atomic mass is 10.2. The molecule has 0 aliphatic heterocycles. The number of methoxy groups -OCH3 is 1. The SMILES string of the molecule is CCc1ccc(OCC(=O)N/N=C/c2cc(Br)c(O)c(OC)c2)cc1. The Morgan fingerprint density at radius 2 is 2.04 bits per heavy atom. The van der Waals surface area contributed by atoms with E-state index in [9.17, 15) is 9.90 Å². The first kappa shape index (κ1) is 18.8. The number of nitrogens with one attached hydrogen (secondary N) is 1. The summed E-state index contributed by atoms with van der Waals surface area (Å²) in [4.78, 5) is 11.8. The molecule has 7 heteroatoms. The molecule has 0 radical (unpaired) electrons. The molecule has 0 spiro atoms. The van der Waals surface area contributed by atoms with Crippen LogP contribution in [-0.4, -0.2) is 30.9 Å². The zero-order valence-corrected chi connectivity index (χ0v) is 15.5. The molecule has 2 aromatic rings. The number of halogens is 1. The van der Waals surface area contributed by atoms with E-state index in [1.165, 1.54) is 18.9 Å². The van der Waals surface area contributed by atoms with Crippen LogP contribution in [0.25, 0.3) is 0 Å². The number of phenolic OH excluding ortho intramolecular Hbond substituents is 1. The fourth-order valence-electron chi connectivity index (χ4n) is 2.01. The van der Waals surface area contributed by atoms with Crippen molar-refractivity contribution in [2.24, 2.45) is 5.10 Å². The van der Waals surface area contributed by atoms with Crippen molar-refractivity contribution >= 4 is 28.1 Å². The minimum Gasteiger partial charge on any atom is -0.503 e. The Morgan fingerprint density at radius 3 is 2.68 bits per heavy atom. The number of ether oxygens (including phenoxy) is 2. The van der Waals surface area contributed by atoms with Crippen LogP contribution in [0.4, 0.5) is 0 Å². The van der Waals surface area contributed by atoms with Gasteiger partial charge in [0.2, 0.25) is 0 Å². The smallest absolute Gasteiger partial charge is 0.277 e. The summed E-state index contributed by atoms with van der Waals surface area (Å²) in [7, 11) is 1.45. The Labute approximate surface area is 154 Å². The maximum absolute atomic E-state index is 11.8. The lowest BCUT2D eigenvalue weighted by Gasteiger charge is -2.07. The lowest BCUT2D eigenvalue weighted by Crippen LogP contribution is -2.24. The molecular formula is C18H19BrN2O4. The van der Waals surface area contributed by atoms with Crippen LogP contribution in [0.1, 0.15) is 18.1 Å². The Hall–Kier alpha value is -2.54. The van der Waals surface area contributed by atoms with Crippen molar-refractivity contribution in [2.45, 2.75) is 13.3 Å². The summed E-state index contributed by atoms with van der Waals surface area (Å²) in [6.07, 6.45) is 2.40. The molecule has 2 aromatic carbocycles. The molecule has 0 bridgehead atoms. The average molecular weight is 407 g/mol. The monoisotopic (exact) mass is 406 g/mol. The molecule has 2 rings (SSSR count). The summed E-state index contributed by atoms with van der Waals surface area (Å²) in [5.41, 5.74) is 4.24. The number of amides is 1. The maximum atomic E-state index is 11.8. The molecule has 2 N–H and O–H groups in total. The highest BCUT2D eigenvalue weighted by Crippen LogP contribution is 2.34. The molecule has 0 saturated heterocycles. The Balaban J connectivity index is 1.86. The van der Waals surface area contributed by atoms with Gasteiger partial charge in [-0.15, -0.1) is 0 Å². The first-order valence-electron chi connectivity index (χ1n) is 7.63. The second-order valence-corrected chi connectivity index (χ2v) is 5.99. The predicted molar refractivity (Wildman–Crippen MR) is 99.4 cm³/mol. The number of hydrogen-bond acceptors (Lipinski definition) is 5. The number of hydrogen-bond donors (Lipinski definition) is 2. The zero-order valence-electron chi connectivity index (χ0n) is 14.0. The van der Waals surface area contributed by atoms with Crippen LogP contribution in [0.3, 0.4) is 0 Å². The van der Waals surface area contributed by atoms with Crippen LogP contribution in [0.15, 0.2) is 46.0 Å². The molecule has 0 aliphatic carbocycles. The first-order chi connectivity index (χ1) is 12.0. The number of phenols is 1. The highest BCUT2D eigenvalue weighted by molar-refractivity contribution is 9.10. The molecule has 0 atom stereocenters. The van der Waals surface area contributed by atoms with E-state index < -0.39 is 0 Å². The van der Waals surface area contributed by atoms with Gasteiger partial charge in [0, 0.05) is 0 Å². The number of carbonyl (C=O) groups excluding carboxylic acids is 1. The highest BCUT2D eigenvalue weighted by Gasteiger charge is 2.07. The summed E-state index contributed by atoms with van der Waals surface area (Å²) < 4.78 is 10.9. The number of rotatable bonds is 7. The Kier molecular flexibility index (Phi) is 6.82. The van der Waals surface area contributed by atoms with Crippen LogP contribution in [0.5, 0.6) is 17.2 Å². The summed E-state index contributed by atoms with van der Waals surface area (Å²) in [5, 5.41) is 13.6. The minimum atomic E-state index is -0.374. The van der Waals surface area contributed by atoms with Crippen LogP contribution >= 0.6 is 15.9 Å². The van der Waals surface area contributed by atoms with Crippen molar-refractivity contribution in [3.8, 4) is 17.2 Å². The third-order valence-corrected chi connectivity index (χ3v) is 3.98. The van der Waals surface area contributed by atoms with Gasteiger partial charge in [-0.05, 0) is 57.7 Å². The van der Waals surface area contributed by atoms with E-state index in [0.717, 1.165) is 6.42 Å².